The third kappa shape index (κ3) is 2.03. The highest BCUT2D eigenvalue weighted by Gasteiger charge is 2.21. The molecule has 0 bridgehead atoms. The maximum absolute atomic E-state index is 9.61. The van der Waals surface area contributed by atoms with Gasteiger partial charge in [0.05, 0.1) is 11.6 Å². The van der Waals surface area contributed by atoms with Gasteiger partial charge in [0.1, 0.15) is 0 Å². The van der Waals surface area contributed by atoms with Crippen LogP contribution in [0.2, 0.25) is 0 Å². The summed E-state index contributed by atoms with van der Waals surface area (Å²) in [6, 6.07) is 8.14. The van der Waals surface area contributed by atoms with E-state index in [-0.39, 0.29) is 6.10 Å². The molecule has 3 rings (SSSR count). The molecule has 1 aliphatic heterocycles. The van der Waals surface area contributed by atoms with Gasteiger partial charge >= 0.3 is 0 Å². The molecule has 0 spiro atoms. The Hall–Kier alpha value is -1.13. The second kappa shape index (κ2) is 4.27. The van der Waals surface area contributed by atoms with Gasteiger partial charge in [-0.25, -0.2) is 0 Å². The number of hydrogen-bond acceptors (Lipinski definition) is 3. The summed E-state index contributed by atoms with van der Waals surface area (Å²) in [6.45, 7) is 1.63. The highest BCUT2D eigenvalue weighted by molar-refractivity contribution is 9.10. The van der Waals surface area contributed by atoms with E-state index in [1.807, 2.05) is 24.4 Å². The molecule has 1 saturated heterocycles. The molecule has 1 N–H and O–H groups in total. The molecule has 2 heterocycles. The molecule has 1 aromatic heterocycles. The van der Waals surface area contributed by atoms with Gasteiger partial charge in [0.25, 0.3) is 0 Å². The molecule has 1 fully saturated rings. The summed E-state index contributed by atoms with van der Waals surface area (Å²) in [5, 5.41) is 10.8. The fraction of sp³-hybridized carbons (Fsp3) is 0.308. The lowest BCUT2D eigenvalue weighted by molar-refractivity contribution is 0.198. The number of aliphatic hydroxyl groups is 1. The summed E-state index contributed by atoms with van der Waals surface area (Å²) in [5.74, 6) is 0. The molecule has 17 heavy (non-hydrogen) atoms. The van der Waals surface area contributed by atoms with Crippen LogP contribution < -0.4 is 4.90 Å². The predicted octanol–water partition coefficient (Wildman–Crippen LogP) is 2.57. The van der Waals surface area contributed by atoms with E-state index in [0.29, 0.717) is 0 Å². The van der Waals surface area contributed by atoms with Crippen LogP contribution in [0, 0.1) is 0 Å². The molecule has 88 valence electrons. The first kappa shape index (κ1) is 11.0. The standard InChI is InChI=1S/C13H13BrN2O/c14-9-1-2-11-12(7-9)15-5-3-13(11)16-6-4-10(17)8-16/h1-3,5,7,10,17H,4,6,8H2/t10-/m1/s1. The Bertz CT molecular complexity index is 558. The molecule has 1 aliphatic rings. The molecule has 1 aromatic carbocycles. The van der Waals surface area contributed by atoms with E-state index in [9.17, 15) is 5.11 Å². The zero-order valence-electron chi connectivity index (χ0n) is 9.31. The van der Waals surface area contributed by atoms with Gasteiger partial charge in [0.2, 0.25) is 0 Å². The number of rotatable bonds is 1. The minimum Gasteiger partial charge on any atom is -0.391 e. The van der Waals surface area contributed by atoms with Gasteiger partial charge in [-0.15, -0.1) is 0 Å². The van der Waals surface area contributed by atoms with Crippen molar-refractivity contribution in [3.8, 4) is 0 Å². The van der Waals surface area contributed by atoms with Crippen molar-refractivity contribution in [2.24, 2.45) is 0 Å². The summed E-state index contributed by atoms with van der Waals surface area (Å²) in [5.41, 5.74) is 2.15. The van der Waals surface area contributed by atoms with E-state index in [4.69, 9.17) is 0 Å². The minimum atomic E-state index is -0.200. The summed E-state index contributed by atoms with van der Waals surface area (Å²) < 4.78 is 1.04. The number of anilines is 1. The topological polar surface area (TPSA) is 36.4 Å². The lowest BCUT2D eigenvalue weighted by Gasteiger charge is -2.19. The first-order valence-corrected chi connectivity index (χ1v) is 6.50. The van der Waals surface area contributed by atoms with Gasteiger partial charge < -0.3 is 10.0 Å². The lowest BCUT2D eigenvalue weighted by Crippen LogP contribution is -2.21. The summed E-state index contributed by atoms with van der Waals surface area (Å²) in [4.78, 5) is 6.60. The van der Waals surface area contributed by atoms with Crippen molar-refractivity contribution < 1.29 is 5.11 Å². The Morgan fingerprint density at radius 2 is 2.24 bits per heavy atom. The summed E-state index contributed by atoms with van der Waals surface area (Å²) in [6.07, 6.45) is 2.48. The molecular formula is C13H13BrN2O. The number of β-amino-alcohol motifs (C(OH)–C–C–N with tert-alkyl or cyclic N) is 1. The number of benzene rings is 1. The highest BCUT2D eigenvalue weighted by Crippen LogP contribution is 2.29. The zero-order valence-corrected chi connectivity index (χ0v) is 10.9. The Labute approximate surface area is 108 Å². The molecule has 2 aromatic rings. The van der Waals surface area contributed by atoms with Crippen LogP contribution in [-0.2, 0) is 0 Å². The van der Waals surface area contributed by atoms with Crippen LogP contribution in [0.3, 0.4) is 0 Å². The number of halogens is 1. The van der Waals surface area contributed by atoms with Crippen molar-refractivity contribution in [1.82, 2.24) is 4.98 Å². The van der Waals surface area contributed by atoms with Gasteiger partial charge in [0, 0.05) is 34.8 Å². The monoisotopic (exact) mass is 292 g/mol. The Balaban J connectivity index is 2.10. The first-order valence-electron chi connectivity index (χ1n) is 5.71. The molecule has 4 heteroatoms. The van der Waals surface area contributed by atoms with Crippen LogP contribution in [0.15, 0.2) is 34.9 Å². The average Bonchev–Trinajstić information content (AvgIpc) is 2.74. The van der Waals surface area contributed by atoms with Crippen molar-refractivity contribution in [3.05, 3.63) is 34.9 Å². The molecule has 0 unspecified atom stereocenters. The zero-order chi connectivity index (χ0) is 11.8. The average molecular weight is 293 g/mol. The molecule has 0 saturated carbocycles. The number of hydrogen-bond donors (Lipinski definition) is 1. The molecule has 3 nitrogen and oxygen atoms in total. The van der Waals surface area contributed by atoms with Gasteiger partial charge in [0.15, 0.2) is 0 Å². The number of fused-ring (bicyclic) bond motifs is 1. The Morgan fingerprint density at radius 3 is 3.00 bits per heavy atom. The van der Waals surface area contributed by atoms with Crippen LogP contribution in [0.5, 0.6) is 0 Å². The Kier molecular flexibility index (Phi) is 2.76. The van der Waals surface area contributed by atoms with Gasteiger partial charge in [-0.1, -0.05) is 15.9 Å². The van der Waals surface area contributed by atoms with E-state index in [2.05, 4.69) is 31.9 Å². The molecular weight excluding hydrogens is 280 g/mol. The molecule has 1 atom stereocenters. The van der Waals surface area contributed by atoms with Crippen molar-refractivity contribution in [3.63, 3.8) is 0 Å². The smallest absolute Gasteiger partial charge is 0.0734 e. The second-order valence-corrected chi connectivity index (χ2v) is 5.30. The van der Waals surface area contributed by atoms with Crippen LogP contribution in [0.4, 0.5) is 5.69 Å². The van der Waals surface area contributed by atoms with Crippen LogP contribution >= 0.6 is 15.9 Å². The normalized spacial score (nSPS) is 20.1. The fourth-order valence-electron chi connectivity index (χ4n) is 2.34. The quantitative estimate of drug-likeness (QED) is 0.878. The van der Waals surface area contributed by atoms with Crippen molar-refractivity contribution in [2.75, 3.05) is 18.0 Å². The first-order chi connectivity index (χ1) is 8.24. The maximum atomic E-state index is 9.61. The van der Waals surface area contributed by atoms with Crippen molar-refractivity contribution in [2.45, 2.75) is 12.5 Å². The Morgan fingerprint density at radius 1 is 1.35 bits per heavy atom. The van der Waals surface area contributed by atoms with E-state index >= 15 is 0 Å². The molecule has 0 amide bonds. The van der Waals surface area contributed by atoms with E-state index in [1.165, 1.54) is 5.69 Å². The number of pyridine rings is 1. The minimum absolute atomic E-state index is 0.200. The van der Waals surface area contributed by atoms with Crippen molar-refractivity contribution in [1.29, 1.82) is 0 Å². The number of aliphatic hydroxyl groups excluding tert-OH is 1. The lowest BCUT2D eigenvalue weighted by atomic mass is 10.2. The largest absolute Gasteiger partial charge is 0.391 e. The third-order valence-corrected chi connectivity index (χ3v) is 3.68. The van der Waals surface area contributed by atoms with Crippen LogP contribution in [0.1, 0.15) is 6.42 Å². The summed E-state index contributed by atoms with van der Waals surface area (Å²) in [7, 11) is 0. The van der Waals surface area contributed by atoms with Gasteiger partial charge in [-0.05, 0) is 30.7 Å². The fourth-order valence-corrected chi connectivity index (χ4v) is 2.69. The van der Waals surface area contributed by atoms with Gasteiger partial charge in [-0.3, -0.25) is 4.98 Å². The molecule has 0 radical (unpaired) electrons. The van der Waals surface area contributed by atoms with Crippen LogP contribution in [0.25, 0.3) is 10.9 Å². The summed E-state index contributed by atoms with van der Waals surface area (Å²) >= 11 is 3.46. The van der Waals surface area contributed by atoms with Crippen molar-refractivity contribution >= 4 is 32.5 Å². The highest BCUT2D eigenvalue weighted by atomic mass is 79.9. The number of aromatic nitrogens is 1. The van der Waals surface area contributed by atoms with E-state index in [0.717, 1.165) is 34.9 Å². The van der Waals surface area contributed by atoms with Crippen LogP contribution in [-0.4, -0.2) is 29.3 Å². The van der Waals surface area contributed by atoms with E-state index in [1.54, 1.807) is 0 Å². The predicted molar refractivity (Wildman–Crippen MR) is 72.3 cm³/mol. The second-order valence-electron chi connectivity index (χ2n) is 4.38. The maximum Gasteiger partial charge on any atom is 0.0734 e. The number of nitrogens with zero attached hydrogens (tertiary/aromatic N) is 2. The van der Waals surface area contributed by atoms with E-state index < -0.39 is 0 Å². The molecule has 0 aliphatic carbocycles. The third-order valence-electron chi connectivity index (χ3n) is 3.19. The SMILES string of the molecule is O[C@@H]1CCN(c2ccnc3cc(Br)ccc23)C1. The van der Waals surface area contributed by atoms with Gasteiger partial charge in [-0.2, -0.15) is 0 Å².